The summed E-state index contributed by atoms with van der Waals surface area (Å²) in [6.07, 6.45) is 0.881. The summed E-state index contributed by atoms with van der Waals surface area (Å²) < 4.78 is 12.4. The molecule has 0 aliphatic rings. The Morgan fingerprint density at radius 3 is 2.36 bits per heavy atom. The third kappa shape index (κ3) is 2.04. The molecule has 1 aromatic rings. The SMILES string of the molecule is [CH][C@@H](CC)c1ccc(F)cc1. The molecule has 0 saturated heterocycles. The maximum atomic E-state index is 12.4. The van der Waals surface area contributed by atoms with E-state index in [2.05, 4.69) is 0 Å². The molecule has 58 valence electrons. The lowest BCUT2D eigenvalue weighted by molar-refractivity contribution is 0.626. The van der Waals surface area contributed by atoms with Crippen molar-refractivity contribution in [2.24, 2.45) is 0 Å². The molecule has 0 unspecified atom stereocenters. The molecule has 1 heteroatoms. The molecule has 0 aliphatic heterocycles. The third-order valence-corrected chi connectivity index (χ3v) is 1.74. The standard InChI is InChI=1S/C10H11F/c1-3-8(2)9-4-6-10(11)7-5-9/h2,4-8H,3H2,1H3/t8-/m0/s1. The summed E-state index contributed by atoms with van der Waals surface area (Å²) in [7, 11) is 0. The van der Waals surface area contributed by atoms with Gasteiger partial charge in [0.25, 0.3) is 0 Å². The molecule has 0 heterocycles. The molecule has 1 atom stereocenters. The summed E-state index contributed by atoms with van der Waals surface area (Å²) in [4.78, 5) is 0. The first-order chi connectivity index (χ1) is 5.24. The summed E-state index contributed by atoms with van der Waals surface area (Å²) in [5, 5.41) is 0. The second-order valence-electron chi connectivity index (χ2n) is 2.57. The molecular formula is C10H11F. The minimum Gasteiger partial charge on any atom is -0.207 e. The summed E-state index contributed by atoms with van der Waals surface area (Å²) in [6.45, 7) is 7.73. The van der Waals surface area contributed by atoms with Crippen molar-refractivity contribution < 1.29 is 4.39 Å². The summed E-state index contributed by atoms with van der Waals surface area (Å²) in [5.74, 6) is -0.173. The van der Waals surface area contributed by atoms with Crippen LogP contribution >= 0.6 is 0 Å². The van der Waals surface area contributed by atoms with Gasteiger partial charge in [0.1, 0.15) is 5.82 Å². The van der Waals surface area contributed by atoms with Gasteiger partial charge in [0, 0.05) is 0 Å². The molecule has 0 bridgehead atoms. The Morgan fingerprint density at radius 1 is 1.36 bits per heavy atom. The average molecular weight is 150 g/mol. The van der Waals surface area contributed by atoms with Gasteiger partial charge in [0.2, 0.25) is 0 Å². The Morgan fingerprint density at radius 2 is 1.91 bits per heavy atom. The van der Waals surface area contributed by atoms with E-state index >= 15 is 0 Å². The zero-order chi connectivity index (χ0) is 8.27. The fourth-order valence-electron chi connectivity index (χ4n) is 0.946. The fraction of sp³-hybridized carbons (Fsp3) is 0.300. The predicted molar refractivity (Wildman–Crippen MR) is 43.7 cm³/mol. The van der Waals surface area contributed by atoms with E-state index in [4.69, 9.17) is 6.92 Å². The van der Waals surface area contributed by atoms with Crippen LogP contribution < -0.4 is 0 Å². The van der Waals surface area contributed by atoms with E-state index in [0.717, 1.165) is 12.0 Å². The first-order valence-electron chi connectivity index (χ1n) is 3.75. The highest BCUT2D eigenvalue weighted by Gasteiger charge is 2.01. The van der Waals surface area contributed by atoms with Crippen LogP contribution in [0, 0.1) is 12.7 Å². The van der Waals surface area contributed by atoms with E-state index in [0.29, 0.717) is 0 Å². The molecule has 0 aromatic heterocycles. The van der Waals surface area contributed by atoms with Crippen LogP contribution in [0.2, 0.25) is 0 Å². The van der Waals surface area contributed by atoms with Crippen LogP contribution in [0.3, 0.4) is 0 Å². The average Bonchev–Trinajstić information content (AvgIpc) is 2.05. The van der Waals surface area contributed by atoms with E-state index in [1.54, 1.807) is 12.1 Å². The van der Waals surface area contributed by atoms with Gasteiger partial charge < -0.3 is 0 Å². The second-order valence-corrected chi connectivity index (χ2v) is 2.57. The van der Waals surface area contributed by atoms with Crippen LogP contribution in [0.1, 0.15) is 24.8 Å². The van der Waals surface area contributed by atoms with Crippen molar-refractivity contribution in [2.45, 2.75) is 19.3 Å². The molecule has 0 spiro atoms. The van der Waals surface area contributed by atoms with Crippen molar-refractivity contribution in [3.63, 3.8) is 0 Å². The van der Waals surface area contributed by atoms with Gasteiger partial charge in [-0.3, -0.25) is 0 Å². The molecule has 0 fully saturated rings. The van der Waals surface area contributed by atoms with Crippen LogP contribution in [-0.2, 0) is 0 Å². The van der Waals surface area contributed by atoms with E-state index in [1.165, 1.54) is 12.1 Å². The maximum absolute atomic E-state index is 12.4. The summed E-state index contributed by atoms with van der Waals surface area (Å²) in [6, 6.07) is 6.32. The minimum atomic E-state index is -0.211. The minimum absolute atomic E-state index is 0.0376. The van der Waals surface area contributed by atoms with Gasteiger partial charge in [-0.15, -0.1) is 0 Å². The summed E-state index contributed by atoms with van der Waals surface area (Å²) >= 11 is 0. The van der Waals surface area contributed by atoms with E-state index in [1.807, 2.05) is 6.92 Å². The highest BCUT2D eigenvalue weighted by molar-refractivity contribution is 5.20. The Balaban J connectivity index is 2.81. The number of halogens is 1. The van der Waals surface area contributed by atoms with Crippen molar-refractivity contribution in [3.05, 3.63) is 42.6 Å². The van der Waals surface area contributed by atoms with Gasteiger partial charge in [0.05, 0.1) is 0 Å². The largest absolute Gasteiger partial charge is 0.207 e. The lowest BCUT2D eigenvalue weighted by Crippen LogP contribution is -1.90. The van der Waals surface area contributed by atoms with Crippen LogP contribution in [0.15, 0.2) is 24.3 Å². The van der Waals surface area contributed by atoms with Crippen LogP contribution in [-0.4, -0.2) is 0 Å². The molecule has 0 amide bonds. The smallest absolute Gasteiger partial charge is 0.123 e. The fourth-order valence-corrected chi connectivity index (χ4v) is 0.946. The Bertz CT molecular complexity index is 213. The van der Waals surface area contributed by atoms with Gasteiger partial charge in [-0.25, -0.2) is 4.39 Å². The van der Waals surface area contributed by atoms with E-state index in [-0.39, 0.29) is 11.7 Å². The summed E-state index contributed by atoms with van der Waals surface area (Å²) in [5.41, 5.74) is 0.994. The van der Waals surface area contributed by atoms with Gasteiger partial charge in [-0.1, -0.05) is 19.1 Å². The van der Waals surface area contributed by atoms with E-state index < -0.39 is 0 Å². The Kier molecular flexibility index (Phi) is 2.64. The Hall–Kier alpha value is -0.850. The van der Waals surface area contributed by atoms with Crippen molar-refractivity contribution >= 4 is 0 Å². The first-order valence-corrected chi connectivity index (χ1v) is 3.75. The monoisotopic (exact) mass is 150 g/mol. The van der Waals surface area contributed by atoms with Crippen LogP contribution in [0.25, 0.3) is 0 Å². The maximum Gasteiger partial charge on any atom is 0.123 e. The van der Waals surface area contributed by atoms with Gasteiger partial charge in [-0.05, 0) is 37.0 Å². The zero-order valence-corrected chi connectivity index (χ0v) is 6.55. The van der Waals surface area contributed by atoms with Gasteiger partial charge in [-0.2, -0.15) is 0 Å². The van der Waals surface area contributed by atoms with Crippen molar-refractivity contribution in [3.8, 4) is 0 Å². The van der Waals surface area contributed by atoms with E-state index in [9.17, 15) is 4.39 Å². The van der Waals surface area contributed by atoms with Gasteiger partial charge in [0.15, 0.2) is 0 Å². The Labute approximate surface area is 67.1 Å². The number of rotatable bonds is 2. The molecular weight excluding hydrogens is 139 g/mol. The quantitative estimate of drug-likeness (QED) is 0.607. The normalized spacial score (nSPS) is 13.0. The molecule has 11 heavy (non-hydrogen) atoms. The lowest BCUT2D eigenvalue weighted by atomic mass is 9.99. The molecule has 1 aromatic carbocycles. The lowest BCUT2D eigenvalue weighted by Gasteiger charge is -2.06. The molecule has 0 saturated carbocycles. The molecule has 0 N–H and O–H groups in total. The first kappa shape index (κ1) is 8.25. The molecule has 2 radical (unpaired) electrons. The highest BCUT2D eigenvalue weighted by atomic mass is 19.1. The third-order valence-electron chi connectivity index (χ3n) is 1.74. The van der Waals surface area contributed by atoms with Crippen LogP contribution in [0.5, 0.6) is 0 Å². The topological polar surface area (TPSA) is 0 Å². The number of hydrogen-bond donors (Lipinski definition) is 0. The predicted octanol–water partition coefficient (Wildman–Crippen LogP) is 3.03. The molecule has 1 rings (SSSR count). The van der Waals surface area contributed by atoms with Crippen molar-refractivity contribution in [2.75, 3.05) is 0 Å². The zero-order valence-electron chi connectivity index (χ0n) is 6.55. The molecule has 0 nitrogen and oxygen atoms in total. The highest BCUT2D eigenvalue weighted by Crippen LogP contribution is 2.17. The van der Waals surface area contributed by atoms with Crippen molar-refractivity contribution in [1.82, 2.24) is 0 Å². The number of hydrogen-bond acceptors (Lipinski definition) is 0. The van der Waals surface area contributed by atoms with Crippen molar-refractivity contribution in [1.29, 1.82) is 0 Å². The molecule has 0 aliphatic carbocycles. The van der Waals surface area contributed by atoms with Crippen LogP contribution in [0.4, 0.5) is 4.39 Å². The number of benzene rings is 1. The second kappa shape index (κ2) is 3.51. The van der Waals surface area contributed by atoms with Gasteiger partial charge >= 0.3 is 0 Å².